The number of hydrogen-bond acceptors (Lipinski definition) is 3. The van der Waals surface area contributed by atoms with Gasteiger partial charge in [0.05, 0.1) is 22.0 Å². The van der Waals surface area contributed by atoms with Crippen molar-refractivity contribution in [2.45, 2.75) is 6.42 Å². The Labute approximate surface area is 151 Å². The number of rotatable bonds is 2. The van der Waals surface area contributed by atoms with E-state index >= 15 is 0 Å². The summed E-state index contributed by atoms with van der Waals surface area (Å²) in [5.74, 6) is -1.06. The van der Waals surface area contributed by atoms with Crippen molar-refractivity contribution in [2.75, 3.05) is 16.8 Å². The highest BCUT2D eigenvalue weighted by molar-refractivity contribution is 9.10. The summed E-state index contributed by atoms with van der Waals surface area (Å²) in [7, 11) is 0. The molecule has 0 fully saturated rings. The molecule has 0 unspecified atom stereocenters. The van der Waals surface area contributed by atoms with Gasteiger partial charge >= 0.3 is 5.97 Å². The number of hydrogen-bond donors (Lipinski definition) is 2. The number of thiocarbonyl (C=S) groups is 1. The molecule has 2 aromatic rings. The molecule has 5 nitrogen and oxygen atoms in total. The van der Waals surface area contributed by atoms with Crippen LogP contribution in [0.3, 0.4) is 0 Å². The van der Waals surface area contributed by atoms with E-state index in [1.54, 1.807) is 18.3 Å². The molecule has 2 heterocycles. The van der Waals surface area contributed by atoms with Crippen LogP contribution in [0.25, 0.3) is 0 Å². The molecule has 0 saturated heterocycles. The maximum atomic E-state index is 11.0. The van der Waals surface area contributed by atoms with Crippen LogP contribution in [-0.4, -0.2) is 27.7 Å². The molecule has 0 spiro atoms. The van der Waals surface area contributed by atoms with Crippen LogP contribution >= 0.6 is 39.7 Å². The fourth-order valence-corrected chi connectivity index (χ4v) is 3.28. The third-order valence-corrected chi connectivity index (χ3v) is 4.54. The van der Waals surface area contributed by atoms with Crippen LogP contribution in [0.4, 0.5) is 11.4 Å². The first kappa shape index (κ1) is 16.2. The lowest BCUT2D eigenvalue weighted by Crippen LogP contribution is -2.33. The van der Waals surface area contributed by atoms with Crippen molar-refractivity contribution in [3.63, 3.8) is 0 Å². The van der Waals surface area contributed by atoms with Crippen molar-refractivity contribution in [3.8, 4) is 0 Å². The summed E-state index contributed by atoms with van der Waals surface area (Å²) in [5, 5.41) is 12.8. The molecule has 1 aliphatic rings. The van der Waals surface area contributed by atoms with Crippen molar-refractivity contribution >= 4 is 62.2 Å². The number of carboxylic acid groups (broad SMARTS) is 1. The first-order valence-corrected chi connectivity index (χ1v) is 8.29. The highest BCUT2D eigenvalue weighted by Crippen LogP contribution is 2.30. The Hall–Kier alpha value is -1.70. The predicted molar refractivity (Wildman–Crippen MR) is 97.6 cm³/mol. The monoisotopic (exact) mass is 411 g/mol. The number of nitrogens with one attached hydrogen (secondary N) is 1. The zero-order chi connectivity index (χ0) is 16.6. The Morgan fingerprint density at radius 1 is 1.43 bits per heavy atom. The molecule has 0 atom stereocenters. The molecule has 0 saturated carbocycles. The fourth-order valence-electron chi connectivity index (χ4n) is 2.39. The van der Waals surface area contributed by atoms with Gasteiger partial charge in [-0.15, -0.1) is 0 Å². The van der Waals surface area contributed by atoms with Gasteiger partial charge in [0.15, 0.2) is 5.11 Å². The van der Waals surface area contributed by atoms with Gasteiger partial charge < -0.3 is 15.3 Å². The second kappa shape index (κ2) is 6.43. The first-order chi connectivity index (χ1) is 11.0. The average Bonchev–Trinajstić information content (AvgIpc) is 2.89. The Morgan fingerprint density at radius 2 is 2.22 bits per heavy atom. The molecule has 8 heteroatoms. The molecule has 118 valence electrons. The number of nitrogens with zero attached hydrogens (tertiary/aromatic N) is 2. The van der Waals surface area contributed by atoms with Gasteiger partial charge in [0.1, 0.15) is 0 Å². The number of carboxylic acids is 1. The third kappa shape index (κ3) is 3.31. The van der Waals surface area contributed by atoms with Crippen molar-refractivity contribution in [3.05, 3.63) is 51.2 Å². The van der Waals surface area contributed by atoms with E-state index in [0.717, 1.165) is 28.8 Å². The van der Waals surface area contributed by atoms with Crippen LogP contribution in [0, 0.1) is 0 Å². The number of benzene rings is 1. The number of aromatic nitrogens is 1. The maximum Gasteiger partial charge on any atom is 0.337 e. The Balaban J connectivity index is 1.80. The van der Waals surface area contributed by atoms with E-state index in [2.05, 4.69) is 26.2 Å². The van der Waals surface area contributed by atoms with Gasteiger partial charge in [-0.2, -0.15) is 0 Å². The van der Waals surface area contributed by atoms with Crippen molar-refractivity contribution < 1.29 is 9.90 Å². The molecule has 0 bridgehead atoms. The van der Waals surface area contributed by atoms with E-state index in [1.165, 1.54) is 6.07 Å². The van der Waals surface area contributed by atoms with E-state index in [1.807, 2.05) is 11.0 Å². The van der Waals surface area contributed by atoms with Gasteiger partial charge in [0.25, 0.3) is 0 Å². The highest BCUT2D eigenvalue weighted by atomic mass is 79.9. The summed E-state index contributed by atoms with van der Waals surface area (Å²) in [6.45, 7) is 0.742. The van der Waals surface area contributed by atoms with E-state index < -0.39 is 5.97 Å². The van der Waals surface area contributed by atoms with Crippen LogP contribution in [0.5, 0.6) is 0 Å². The van der Waals surface area contributed by atoms with Crippen molar-refractivity contribution in [1.82, 2.24) is 4.98 Å². The zero-order valence-corrected chi connectivity index (χ0v) is 14.9. The highest BCUT2D eigenvalue weighted by Gasteiger charge is 2.24. The SMILES string of the molecule is O=C(O)c1ccc(NC(=S)N2CCc3ncc(Br)cc32)cc1Cl. The summed E-state index contributed by atoms with van der Waals surface area (Å²) < 4.78 is 0.889. The van der Waals surface area contributed by atoms with Gasteiger partial charge in [0, 0.05) is 29.3 Å². The normalized spacial score (nSPS) is 12.9. The van der Waals surface area contributed by atoms with Crippen molar-refractivity contribution in [2.24, 2.45) is 0 Å². The lowest BCUT2D eigenvalue weighted by atomic mass is 10.2. The smallest absolute Gasteiger partial charge is 0.337 e. The van der Waals surface area contributed by atoms with Crippen LogP contribution < -0.4 is 10.2 Å². The number of pyridine rings is 1. The minimum Gasteiger partial charge on any atom is -0.478 e. The molecule has 0 radical (unpaired) electrons. The molecule has 23 heavy (non-hydrogen) atoms. The van der Waals surface area contributed by atoms with Crippen LogP contribution in [0.2, 0.25) is 5.02 Å². The lowest BCUT2D eigenvalue weighted by Gasteiger charge is -2.21. The molecule has 1 aromatic heterocycles. The molecule has 3 rings (SSSR count). The number of fused-ring (bicyclic) bond motifs is 1. The van der Waals surface area contributed by atoms with E-state index in [0.29, 0.717) is 10.8 Å². The zero-order valence-electron chi connectivity index (χ0n) is 11.7. The first-order valence-electron chi connectivity index (χ1n) is 6.71. The molecule has 0 amide bonds. The minimum atomic E-state index is -1.06. The molecule has 0 aliphatic carbocycles. The second-order valence-electron chi connectivity index (χ2n) is 4.95. The summed E-state index contributed by atoms with van der Waals surface area (Å²) in [6, 6.07) is 6.61. The summed E-state index contributed by atoms with van der Waals surface area (Å²) in [5.41, 5.74) is 2.66. The third-order valence-electron chi connectivity index (χ3n) is 3.47. The number of anilines is 2. The largest absolute Gasteiger partial charge is 0.478 e. The predicted octanol–water partition coefficient (Wildman–Crippen LogP) is 3.96. The molecule has 1 aliphatic heterocycles. The van der Waals surface area contributed by atoms with Gasteiger partial charge in [-0.3, -0.25) is 4.98 Å². The molecular formula is C15H11BrClN3O2S. The molecule has 2 N–H and O–H groups in total. The average molecular weight is 413 g/mol. The Morgan fingerprint density at radius 3 is 2.91 bits per heavy atom. The topological polar surface area (TPSA) is 65.5 Å². The minimum absolute atomic E-state index is 0.0581. The van der Waals surface area contributed by atoms with Gasteiger partial charge in [-0.1, -0.05) is 11.6 Å². The quantitative estimate of drug-likeness (QED) is 0.728. The van der Waals surface area contributed by atoms with Crippen LogP contribution in [0.15, 0.2) is 34.9 Å². The number of aromatic carboxylic acids is 1. The summed E-state index contributed by atoms with van der Waals surface area (Å²) in [6.07, 6.45) is 2.59. The second-order valence-corrected chi connectivity index (χ2v) is 6.66. The maximum absolute atomic E-state index is 11.0. The van der Waals surface area contributed by atoms with Gasteiger partial charge in [-0.05, 0) is 52.4 Å². The van der Waals surface area contributed by atoms with E-state index in [-0.39, 0.29) is 10.6 Å². The molecular weight excluding hydrogens is 402 g/mol. The van der Waals surface area contributed by atoms with Crippen LogP contribution in [-0.2, 0) is 6.42 Å². The fraction of sp³-hybridized carbons (Fsp3) is 0.133. The number of carbonyl (C=O) groups is 1. The Kier molecular flexibility index (Phi) is 4.52. The standard InChI is InChI=1S/C15H11BrClN3O2S/c16-8-5-13-12(18-7-8)3-4-20(13)15(23)19-9-1-2-10(14(21)22)11(17)6-9/h1-2,5-7H,3-4H2,(H,19,23)(H,21,22). The van der Waals surface area contributed by atoms with E-state index in [9.17, 15) is 4.79 Å². The molecule has 1 aromatic carbocycles. The summed E-state index contributed by atoms with van der Waals surface area (Å²) in [4.78, 5) is 17.3. The summed E-state index contributed by atoms with van der Waals surface area (Å²) >= 11 is 14.8. The van der Waals surface area contributed by atoms with E-state index in [4.69, 9.17) is 28.9 Å². The van der Waals surface area contributed by atoms with Gasteiger partial charge in [-0.25, -0.2) is 4.79 Å². The van der Waals surface area contributed by atoms with Gasteiger partial charge in [0.2, 0.25) is 0 Å². The van der Waals surface area contributed by atoms with Crippen molar-refractivity contribution in [1.29, 1.82) is 0 Å². The Bertz CT molecular complexity index is 815. The number of halogens is 2. The lowest BCUT2D eigenvalue weighted by molar-refractivity contribution is 0.0697. The van der Waals surface area contributed by atoms with Crippen LogP contribution in [0.1, 0.15) is 16.1 Å².